The molecule has 2 rings (SSSR count). The first kappa shape index (κ1) is 26.7. The number of halogens is 3. The molecular weight excluding hydrogens is 462 g/mol. The molecule has 0 saturated heterocycles. The van der Waals surface area contributed by atoms with Gasteiger partial charge in [-0.2, -0.15) is 13.2 Å². The number of nitro benzene ring substituents is 2. The predicted octanol–water partition coefficient (Wildman–Crippen LogP) is 5.15. The monoisotopic (exact) mass is 480 g/mol. The Kier molecular flexibility index (Phi) is 8.59. The fraction of sp³-hybridized carbons (Fsp3) is 0.294. The molecule has 0 bridgehead atoms. The maximum Gasteiger partial charge on any atom is 0.692 e. The molecule has 0 aliphatic heterocycles. The first-order chi connectivity index (χ1) is 14.5. The minimum Gasteiger partial charge on any atom is -0.457 e. The summed E-state index contributed by atoms with van der Waals surface area (Å²) in [5.74, 6) is -0.759. The van der Waals surface area contributed by atoms with Crippen molar-refractivity contribution in [3.63, 3.8) is 0 Å². The van der Waals surface area contributed by atoms with Crippen molar-refractivity contribution in [2.75, 3.05) is 5.32 Å². The van der Waals surface area contributed by atoms with E-state index in [2.05, 4.69) is 5.32 Å². The molecule has 2 aromatic carbocycles. The number of nitrogens with one attached hydrogen (secondary N) is 1. The van der Waals surface area contributed by atoms with E-state index in [0.717, 1.165) is 24.3 Å². The average Bonchev–Trinajstić information content (AvgIpc) is 2.59. The SMILES string of the molecule is CC(C)(C)Nc1cc(Oc2ccc([N+](=O)[O-])cc2C(F)(F)F)ccc1[N+](=O)[O-].O=[P+](O)O. The molecule has 0 radical (unpaired) electrons. The zero-order chi connectivity index (χ0) is 24.9. The molecule has 0 amide bonds. The lowest BCUT2D eigenvalue weighted by Gasteiger charge is -2.22. The van der Waals surface area contributed by atoms with Gasteiger partial charge in [-0.1, -0.05) is 0 Å². The number of non-ortho nitro benzene ring substituents is 1. The summed E-state index contributed by atoms with van der Waals surface area (Å²) in [4.78, 5) is 34.6. The normalized spacial score (nSPS) is 11.1. The molecule has 0 atom stereocenters. The van der Waals surface area contributed by atoms with Crippen LogP contribution in [0.3, 0.4) is 0 Å². The van der Waals surface area contributed by atoms with Crippen LogP contribution < -0.4 is 10.1 Å². The first-order valence-corrected chi connectivity index (χ1v) is 9.63. The highest BCUT2D eigenvalue weighted by Gasteiger charge is 2.36. The zero-order valence-electron chi connectivity index (χ0n) is 16.8. The van der Waals surface area contributed by atoms with Crippen LogP contribution in [0, 0.1) is 20.2 Å². The molecule has 174 valence electrons. The predicted molar refractivity (Wildman–Crippen MR) is 107 cm³/mol. The number of nitrogens with zero attached hydrogens (tertiary/aromatic N) is 2. The molecule has 11 nitrogen and oxygen atoms in total. The summed E-state index contributed by atoms with van der Waals surface area (Å²) in [5, 5.41) is 24.8. The van der Waals surface area contributed by atoms with Crippen LogP contribution >= 0.6 is 8.25 Å². The van der Waals surface area contributed by atoms with Crippen molar-refractivity contribution < 1.29 is 42.1 Å². The highest BCUT2D eigenvalue weighted by Crippen LogP contribution is 2.41. The van der Waals surface area contributed by atoms with Crippen LogP contribution in [0.4, 0.5) is 30.2 Å². The summed E-state index contributed by atoms with van der Waals surface area (Å²) in [6.45, 7) is 5.26. The van der Waals surface area contributed by atoms with Crippen molar-refractivity contribution in [1.82, 2.24) is 0 Å². The van der Waals surface area contributed by atoms with Crippen LogP contribution in [0.25, 0.3) is 0 Å². The van der Waals surface area contributed by atoms with Gasteiger partial charge in [0.05, 0.1) is 9.85 Å². The number of anilines is 1. The number of alkyl halides is 3. The Bertz CT molecular complexity index is 1020. The van der Waals surface area contributed by atoms with Crippen LogP contribution in [0.1, 0.15) is 26.3 Å². The molecule has 0 fully saturated rings. The van der Waals surface area contributed by atoms with Gasteiger partial charge in [0.15, 0.2) is 0 Å². The van der Waals surface area contributed by atoms with E-state index in [0.29, 0.717) is 6.07 Å². The molecule has 0 unspecified atom stereocenters. The molecule has 0 aliphatic rings. The lowest BCUT2D eigenvalue weighted by molar-refractivity contribution is -0.385. The van der Waals surface area contributed by atoms with Crippen molar-refractivity contribution in [2.45, 2.75) is 32.5 Å². The van der Waals surface area contributed by atoms with Crippen LogP contribution in [-0.2, 0) is 10.7 Å². The van der Waals surface area contributed by atoms with Crippen LogP contribution in [0.5, 0.6) is 11.5 Å². The van der Waals surface area contributed by atoms with Gasteiger partial charge in [-0.25, -0.2) is 0 Å². The zero-order valence-corrected chi connectivity index (χ0v) is 17.7. The van der Waals surface area contributed by atoms with Crippen LogP contribution in [0.2, 0.25) is 0 Å². The summed E-state index contributed by atoms with van der Waals surface area (Å²) in [7, 11) is -2.87. The molecule has 0 saturated carbocycles. The molecule has 0 aromatic heterocycles. The summed E-state index contributed by atoms with van der Waals surface area (Å²) >= 11 is 0. The number of hydrogen-bond acceptors (Lipinski definition) is 7. The topological polar surface area (TPSA) is 165 Å². The van der Waals surface area contributed by atoms with E-state index in [1.807, 2.05) is 0 Å². The summed E-state index contributed by atoms with van der Waals surface area (Å²) in [6, 6.07) is 5.53. The molecule has 2 aromatic rings. The summed E-state index contributed by atoms with van der Waals surface area (Å²) in [6.07, 6.45) is -4.89. The first-order valence-electron chi connectivity index (χ1n) is 8.46. The van der Waals surface area contributed by atoms with E-state index in [1.54, 1.807) is 20.8 Å². The Labute approximate surface area is 179 Å². The van der Waals surface area contributed by atoms with Crippen molar-refractivity contribution in [1.29, 1.82) is 0 Å². The minimum atomic E-state index is -4.89. The van der Waals surface area contributed by atoms with Crippen molar-refractivity contribution in [3.8, 4) is 11.5 Å². The lowest BCUT2D eigenvalue weighted by atomic mass is 10.1. The number of benzene rings is 2. The Hall–Kier alpha value is -3.35. The standard InChI is InChI=1S/C17H16F3N3O5.HO3P/c1-16(2,3)21-13-9-11(5-6-14(13)23(26)27)28-15-7-4-10(22(24)25)8-12(15)17(18,19)20;1-4(2)3/h4-9,21H,1-3H3;(H-,1,2,3)/p+1. The molecule has 32 heavy (non-hydrogen) atoms. The maximum atomic E-state index is 13.3. The minimum absolute atomic E-state index is 0.0606. The Balaban J connectivity index is 0.00000118. The van der Waals surface area contributed by atoms with Crippen molar-refractivity contribution in [2.24, 2.45) is 0 Å². The third-order valence-electron chi connectivity index (χ3n) is 3.38. The second-order valence-corrected chi connectivity index (χ2v) is 7.61. The van der Waals surface area contributed by atoms with Gasteiger partial charge in [0.2, 0.25) is 0 Å². The van der Waals surface area contributed by atoms with E-state index >= 15 is 0 Å². The molecule has 0 heterocycles. The molecular formula is C17H18F3N3O8P+. The van der Waals surface area contributed by atoms with E-state index < -0.39 is 46.8 Å². The van der Waals surface area contributed by atoms with E-state index in [9.17, 15) is 33.4 Å². The van der Waals surface area contributed by atoms with E-state index in [1.165, 1.54) is 6.07 Å². The smallest absolute Gasteiger partial charge is 0.457 e. The molecule has 3 N–H and O–H groups in total. The lowest BCUT2D eigenvalue weighted by Crippen LogP contribution is -2.26. The van der Waals surface area contributed by atoms with Gasteiger partial charge >= 0.3 is 14.4 Å². The molecule has 0 aliphatic carbocycles. The van der Waals surface area contributed by atoms with Gasteiger partial charge in [-0.3, -0.25) is 20.2 Å². The number of ether oxygens (including phenoxy) is 1. The summed E-state index contributed by atoms with van der Waals surface area (Å²) in [5.41, 5.74) is -2.84. The second-order valence-electron chi connectivity index (χ2n) is 7.10. The van der Waals surface area contributed by atoms with Gasteiger partial charge in [0, 0.05) is 34.4 Å². The number of hydrogen-bond donors (Lipinski definition) is 3. The summed E-state index contributed by atoms with van der Waals surface area (Å²) < 4.78 is 53.7. The number of rotatable bonds is 5. The Morgan fingerprint density at radius 1 is 1.00 bits per heavy atom. The van der Waals surface area contributed by atoms with Gasteiger partial charge in [0.25, 0.3) is 11.4 Å². The molecule has 0 spiro atoms. The Morgan fingerprint density at radius 2 is 1.56 bits per heavy atom. The van der Waals surface area contributed by atoms with Gasteiger partial charge in [0.1, 0.15) is 22.7 Å². The highest BCUT2D eigenvalue weighted by atomic mass is 31.1. The fourth-order valence-electron chi connectivity index (χ4n) is 2.31. The maximum absolute atomic E-state index is 13.3. The number of nitro groups is 2. The second kappa shape index (κ2) is 10.3. The van der Waals surface area contributed by atoms with E-state index in [-0.39, 0.29) is 17.1 Å². The van der Waals surface area contributed by atoms with Crippen LogP contribution in [-0.4, -0.2) is 25.2 Å². The quantitative estimate of drug-likeness (QED) is 0.298. The van der Waals surface area contributed by atoms with E-state index in [4.69, 9.17) is 19.1 Å². The van der Waals surface area contributed by atoms with Gasteiger partial charge < -0.3 is 10.1 Å². The third-order valence-corrected chi connectivity index (χ3v) is 3.38. The van der Waals surface area contributed by atoms with Gasteiger partial charge in [-0.05, 0) is 32.9 Å². The van der Waals surface area contributed by atoms with Crippen molar-refractivity contribution in [3.05, 3.63) is 62.2 Å². The Morgan fingerprint density at radius 3 is 2.00 bits per heavy atom. The highest BCUT2D eigenvalue weighted by molar-refractivity contribution is 7.30. The van der Waals surface area contributed by atoms with Crippen LogP contribution in [0.15, 0.2) is 36.4 Å². The fourth-order valence-corrected chi connectivity index (χ4v) is 2.31. The molecule has 15 heteroatoms. The average molecular weight is 480 g/mol. The van der Waals surface area contributed by atoms with Gasteiger partial charge in [-0.15, -0.1) is 9.79 Å². The largest absolute Gasteiger partial charge is 0.692 e. The third kappa shape index (κ3) is 8.41. The van der Waals surface area contributed by atoms with Crippen molar-refractivity contribution >= 4 is 25.3 Å².